The first-order valence-electron chi connectivity index (χ1n) is 11.4. The van der Waals surface area contributed by atoms with Crippen LogP contribution in [0.4, 0.5) is 4.39 Å². The average molecular weight is 464 g/mol. The van der Waals surface area contributed by atoms with Crippen LogP contribution in [0.1, 0.15) is 12.5 Å². The highest BCUT2D eigenvalue weighted by Crippen LogP contribution is 2.34. The SMILES string of the molecule is CCNCc1cncc(-c2cc3c(-c4cc5c(-c6cccc(F)c6)cncc5[nH]4)n[nH]c3cn2)c1. The number of nitrogens with one attached hydrogen (secondary N) is 3. The molecule has 0 saturated heterocycles. The molecule has 6 aromatic rings. The number of hydrogen-bond acceptors (Lipinski definition) is 5. The van der Waals surface area contributed by atoms with E-state index in [1.165, 1.54) is 12.1 Å². The van der Waals surface area contributed by atoms with Crippen molar-refractivity contribution in [2.75, 3.05) is 6.54 Å². The van der Waals surface area contributed by atoms with Gasteiger partial charge in [0.1, 0.15) is 11.5 Å². The molecular formula is C27H22FN7. The number of halogens is 1. The third kappa shape index (κ3) is 3.94. The van der Waals surface area contributed by atoms with Gasteiger partial charge >= 0.3 is 0 Å². The summed E-state index contributed by atoms with van der Waals surface area (Å²) in [6, 6.07) is 12.7. The number of fused-ring (bicyclic) bond motifs is 2. The number of H-pyrrole nitrogens is 2. The van der Waals surface area contributed by atoms with E-state index in [1.807, 2.05) is 30.6 Å². The van der Waals surface area contributed by atoms with Crippen molar-refractivity contribution in [3.05, 3.63) is 84.8 Å². The Morgan fingerprint density at radius 3 is 2.69 bits per heavy atom. The summed E-state index contributed by atoms with van der Waals surface area (Å²) >= 11 is 0. The van der Waals surface area contributed by atoms with Gasteiger partial charge in [0.25, 0.3) is 0 Å². The van der Waals surface area contributed by atoms with E-state index >= 15 is 0 Å². The summed E-state index contributed by atoms with van der Waals surface area (Å²) in [5.41, 5.74) is 7.82. The second kappa shape index (κ2) is 8.73. The van der Waals surface area contributed by atoms with Gasteiger partial charge in [0.05, 0.1) is 34.8 Å². The molecule has 6 rings (SSSR count). The van der Waals surface area contributed by atoms with E-state index in [0.717, 1.165) is 74.2 Å². The molecule has 0 unspecified atom stereocenters. The van der Waals surface area contributed by atoms with Crippen molar-refractivity contribution in [3.63, 3.8) is 0 Å². The minimum atomic E-state index is -0.280. The van der Waals surface area contributed by atoms with E-state index in [9.17, 15) is 4.39 Å². The number of rotatable bonds is 6. The molecule has 172 valence electrons. The summed E-state index contributed by atoms with van der Waals surface area (Å²) in [6.45, 7) is 3.73. The summed E-state index contributed by atoms with van der Waals surface area (Å²) in [6.07, 6.45) is 9.00. The van der Waals surface area contributed by atoms with Crippen LogP contribution < -0.4 is 5.32 Å². The zero-order valence-electron chi connectivity index (χ0n) is 19.0. The number of aromatic nitrogens is 6. The van der Waals surface area contributed by atoms with Crippen molar-refractivity contribution in [2.24, 2.45) is 0 Å². The maximum Gasteiger partial charge on any atom is 0.123 e. The normalized spacial score (nSPS) is 11.5. The van der Waals surface area contributed by atoms with Gasteiger partial charge in [-0.3, -0.25) is 20.1 Å². The van der Waals surface area contributed by atoms with Crippen LogP contribution in [0.25, 0.3) is 55.6 Å². The molecular weight excluding hydrogens is 441 g/mol. The lowest BCUT2D eigenvalue weighted by Gasteiger charge is -2.05. The molecule has 3 N–H and O–H groups in total. The molecule has 0 bridgehead atoms. The van der Waals surface area contributed by atoms with E-state index in [-0.39, 0.29) is 5.82 Å². The molecule has 0 saturated carbocycles. The Balaban J connectivity index is 1.44. The second-order valence-electron chi connectivity index (χ2n) is 8.39. The number of pyridine rings is 3. The van der Waals surface area contributed by atoms with Gasteiger partial charge in [-0.1, -0.05) is 19.1 Å². The van der Waals surface area contributed by atoms with Gasteiger partial charge in [-0.25, -0.2) is 4.39 Å². The molecule has 7 nitrogen and oxygen atoms in total. The largest absolute Gasteiger partial charge is 0.352 e. The maximum absolute atomic E-state index is 13.9. The molecule has 0 amide bonds. The van der Waals surface area contributed by atoms with Gasteiger partial charge in [-0.2, -0.15) is 5.10 Å². The summed E-state index contributed by atoms with van der Waals surface area (Å²) in [5, 5.41) is 12.9. The Hall–Kier alpha value is -4.43. The predicted molar refractivity (Wildman–Crippen MR) is 135 cm³/mol. The van der Waals surface area contributed by atoms with E-state index in [2.05, 4.69) is 48.4 Å². The van der Waals surface area contributed by atoms with Crippen LogP contribution in [-0.4, -0.2) is 36.7 Å². The minimum Gasteiger partial charge on any atom is -0.352 e. The molecule has 0 aliphatic rings. The Labute approximate surface area is 200 Å². The molecule has 0 aliphatic heterocycles. The molecule has 35 heavy (non-hydrogen) atoms. The summed E-state index contributed by atoms with van der Waals surface area (Å²) in [5.74, 6) is -0.280. The number of nitrogens with zero attached hydrogens (tertiary/aromatic N) is 4. The number of benzene rings is 1. The highest BCUT2D eigenvalue weighted by Gasteiger charge is 2.15. The highest BCUT2D eigenvalue weighted by atomic mass is 19.1. The summed E-state index contributed by atoms with van der Waals surface area (Å²) < 4.78 is 13.9. The third-order valence-electron chi connectivity index (χ3n) is 6.05. The van der Waals surface area contributed by atoms with Crippen LogP contribution >= 0.6 is 0 Å². The Bertz CT molecular complexity index is 1670. The molecule has 0 aliphatic carbocycles. The van der Waals surface area contributed by atoms with Crippen LogP contribution in [0.2, 0.25) is 0 Å². The Kier molecular flexibility index (Phi) is 5.27. The highest BCUT2D eigenvalue weighted by molar-refractivity contribution is 6.01. The van der Waals surface area contributed by atoms with Crippen molar-refractivity contribution in [2.45, 2.75) is 13.5 Å². The monoisotopic (exact) mass is 463 g/mol. The van der Waals surface area contributed by atoms with Gasteiger partial charge < -0.3 is 10.3 Å². The predicted octanol–water partition coefficient (Wildman–Crippen LogP) is 5.48. The number of aromatic amines is 2. The van der Waals surface area contributed by atoms with Crippen molar-refractivity contribution < 1.29 is 4.39 Å². The van der Waals surface area contributed by atoms with Gasteiger partial charge in [-0.15, -0.1) is 0 Å². The van der Waals surface area contributed by atoms with Crippen LogP contribution in [0.3, 0.4) is 0 Å². The lowest BCUT2D eigenvalue weighted by atomic mass is 10.0. The summed E-state index contributed by atoms with van der Waals surface area (Å²) in [7, 11) is 0. The third-order valence-corrected chi connectivity index (χ3v) is 6.05. The van der Waals surface area contributed by atoms with E-state index in [4.69, 9.17) is 0 Å². The fourth-order valence-corrected chi connectivity index (χ4v) is 4.34. The lowest BCUT2D eigenvalue weighted by Crippen LogP contribution is -2.11. The fourth-order valence-electron chi connectivity index (χ4n) is 4.34. The first kappa shape index (κ1) is 21.1. The quantitative estimate of drug-likeness (QED) is 0.304. The first-order chi connectivity index (χ1) is 17.2. The molecule has 0 atom stereocenters. The molecule has 5 aromatic heterocycles. The molecule has 5 heterocycles. The van der Waals surface area contributed by atoms with Crippen LogP contribution in [-0.2, 0) is 6.54 Å². The lowest BCUT2D eigenvalue weighted by molar-refractivity contribution is 0.628. The smallest absolute Gasteiger partial charge is 0.123 e. The van der Waals surface area contributed by atoms with E-state index in [1.54, 1.807) is 24.7 Å². The van der Waals surface area contributed by atoms with Crippen molar-refractivity contribution in [1.82, 2.24) is 35.5 Å². The Morgan fingerprint density at radius 1 is 0.886 bits per heavy atom. The zero-order valence-corrected chi connectivity index (χ0v) is 19.0. The molecule has 0 fully saturated rings. The number of hydrogen-bond donors (Lipinski definition) is 3. The maximum atomic E-state index is 13.9. The molecule has 8 heteroatoms. The van der Waals surface area contributed by atoms with Gasteiger partial charge in [0.15, 0.2) is 0 Å². The van der Waals surface area contributed by atoms with Crippen LogP contribution in [0, 0.1) is 5.82 Å². The fraction of sp³-hybridized carbons (Fsp3) is 0.111. The summed E-state index contributed by atoms with van der Waals surface area (Å²) in [4.78, 5) is 16.8. The van der Waals surface area contributed by atoms with Gasteiger partial charge in [0, 0.05) is 47.0 Å². The topological polar surface area (TPSA) is 95.2 Å². The first-order valence-corrected chi connectivity index (χ1v) is 11.4. The molecule has 0 spiro atoms. The van der Waals surface area contributed by atoms with E-state index < -0.39 is 0 Å². The minimum absolute atomic E-state index is 0.280. The standard InChI is InChI=1S/C27H22FN7/c1-2-29-10-16-6-18(12-30-11-16)23-9-21-26(15-32-23)34-35-27(21)24-8-20-22(13-31-14-25(20)33-24)17-4-3-5-19(28)7-17/h3-9,11-15,29,33H,2,10H2,1H3,(H,34,35). The zero-order chi connectivity index (χ0) is 23.8. The van der Waals surface area contributed by atoms with Crippen molar-refractivity contribution >= 4 is 21.8 Å². The second-order valence-corrected chi connectivity index (χ2v) is 8.39. The van der Waals surface area contributed by atoms with E-state index in [0.29, 0.717) is 0 Å². The Morgan fingerprint density at radius 2 is 1.80 bits per heavy atom. The molecule has 0 radical (unpaired) electrons. The van der Waals surface area contributed by atoms with Crippen LogP contribution in [0.15, 0.2) is 73.4 Å². The van der Waals surface area contributed by atoms with Crippen LogP contribution in [0.5, 0.6) is 0 Å². The van der Waals surface area contributed by atoms with Gasteiger partial charge in [-0.05, 0) is 48.0 Å². The molecule has 1 aromatic carbocycles. The van der Waals surface area contributed by atoms with Gasteiger partial charge in [0.2, 0.25) is 0 Å². The van der Waals surface area contributed by atoms with Crippen molar-refractivity contribution in [1.29, 1.82) is 0 Å². The van der Waals surface area contributed by atoms with Crippen molar-refractivity contribution in [3.8, 4) is 33.8 Å². The average Bonchev–Trinajstić information content (AvgIpc) is 3.51.